The van der Waals surface area contributed by atoms with Gasteiger partial charge >= 0.3 is 0 Å². The average molecular weight is 358 g/mol. The van der Waals surface area contributed by atoms with E-state index >= 15 is 0 Å². The first-order chi connectivity index (χ1) is 12.8. The van der Waals surface area contributed by atoms with Gasteiger partial charge in [0.1, 0.15) is 18.9 Å². The van der Waals surface area contributed by atoms with Crippen molar-refractivity contribution >= 4 is 17.6 Å². The smallest absolute Gasteiger partial charge is 0.246 e. The lowest BCUT2D eigenvalue weighted by Gasteiger charge is -2.11. The van der Waals surface area contributed by atoms with Crippen LogP contribution in [0.1, 0.15) is 19.1 Å². The fourth-order valence-electron chi connectivity index (χ4n) is 2.16. The van der Waals surface area contributed by atoms with Crippen LogP contribution in [-0.2, 0) is 16.1 Å². The van der Waals surface area contributed by atoms with E-state index < -0.39 is 0 Å². The molecular formula is C19H26N4O3. The summed E-state index contributed by atoms with van der Waals surface area (Å²) in [6, 6.07) is 13.1. The molecule has 26 heavy (non-hydrogen) atoms. The van der Waals surface area contributed by atoms with Crippen LogP contribution in [0.4, 0.5) is 5.69 Å². The molecule has 7 heteroatoms. The Morgan fingerprint density at radius 2 is 2.00 bits per heavy atom. The lowest BCUT2D eigenvalue weighted by Crippen LogP contribution is -2.38. The molecule has 0 spiro atoms. The number of anilines is 1. The van der Waals surface area contributed by atoms with Crippen LogP contribution in [0.5, 0.6) is 0 Å². The topological polar surface area (TPSA) is 87.9 Å². The summed E-state index contributed by atoms with van der Waals surface area (Å²) in [4.78, 5) is 16.2. The van der Waals surface area contributed by atoms with Crippen LogP contribution in [0.25, 0.3) is 0 Å². The van der Waals surface area contributed by atoms with Gasteiger partial charge in [-0.05, 0) is 37.6 Å². The Labute approximate surface area is 153 Å². The summed E-state index contributed by atoms with van der Waals surface area (Å²) in [6.07, 6.45) is 2.45. The molecule has 3 N–H and O–H groups in total. The minimum atomic E-state index is -0.157. The third kappa shape index (κ3) is 7.85. The molecule has 0 saturated carbocycles. The summed E-state index contributed by atoms with van der Waals surface area (Å²) in [5.74, 6) is 1.27. The molecule has 1 amide bonds. The molecule has 0 bridgehead atoms. The number of ether oxygens (including phenoxy) is 1. The second-order valence-electron chi connectivity index (χ2n) is 5.52. The summed E-state index contributed by atoms with van der Waals surface area (Å²) in [5, 5.41) is 9.11. The van der Waals surface area contributed by atoms with Crippen LogP contribution in [0.15, 0.2) is 58.1 Å². The van der Waals surface area contributed by atoms with Crippen molar-refractivity contribution in [1.82, 2.24) is 10.6 Å². The van der Waals surface area contributed by atoms with E-state index in [-0.39, 0.29) is 12.5 Å². The number of carbonyl (C=O) groups excluding carboxylic acids is 1. The quantitative estimate of drug-likeness (QED) is 0.345. The fraction of sp³-hybridized carbons (Fsp3) is 0.368. The van der Waals surface area contributed by atoms with E-state index in [0.717, 1.165) is 24.4 Å². The van der Waals surface area contributed by atoms with Crippen molar-refractivity contribution in [3.63, 3.8) is 0 Å². The summed E-state index contributed by atoms with van der Waals surface area (Å²) >= 11 is 0. The predicted molar refractivity (Wildman–Crippen MR) is 102 cm³/mol. The minimum absolute atomic E-state index is 0.0548. The zero-order chi connectivity index (χ0) is 18.5. The maximum Gasteiger partial charge on any atom is 0.246 e. The first kappa shape index (κ1) is 19.5. The molecule has 0 atom stereocenters. The Balaban J connectivity index is 1.64. The van der Waals surface area contributed by atoms with Crippen molar-refractivity contribution in [1.29, 1.82) is 0 Å². The van der Waals surface area contributed by atoms with Crippen LogP contribution < -0.4 is 16.0 Å². The number of rotatable bonds is 10. The molecule has 140 valence electrons. The molecule has 0 aliphatic heterocycles. The molecule has 0 aliphatic carbocycles. The van der Waals surface area contributed by atoms with Gasteiger partial charge in [-0.3, -0.25) is 4.79 Å². The highest BCUT2D eigenvalue weighted by Crippen LogP contribution is 2.04. The van der Waals surface area contributed by atoms with Crippen molar-refractivity contribution in [2.45, 2.75) is 20.0 Å². The van der Waals surface area contributed by atoms with Crippen LogP contribution in [0.2, 0.25) is 0 Å². The van der Waals surface area contributed by atoms with Crippen LogP contribution in [0.3, 0.4) is 0 Å². The van der Waals surface area contributed by atoms with Crippen molar-refractivity contribution < 1.29 is 13.9 Å². The molecule has 0 unspecified atom stereocenters. The highest BCUT2D eigenvalue weighted by atomic mass is 16.5. The fourth-order valence-corrected chi connectivity index (χ4v) is 2.16. The lowest BCUT2D eigenvalue weighted by molar-refractivity contribution is -0.114. The number of amides is 1. The second-order valence-corrected chi connectivity index (χ2v) is 5.52. The van der Waals surface area contributed by atoms with E-state index in [1.165, 1.54) is 0 Å². The number of nitrogens with zero attached hydrogens (tertiary/aromatic N) is 1. The highest BCUT2D eigenvalue weighted by molar-refractivity contribution is 5.94. The second kappa shape index (κ2) is 11.7. The van der Waals surface area contributed by atoms with Gasteiger partial charge in [-0.15, -0.1) is 0 Å². The van der Waals surface area contributed by atoms with E-state index in [4.69, 9.17) is 9.15 Å². The number of aliphatic imine (C=N–C) groups is 1. The van der Waals surface area contributed by atoms with E-state index in [0.29, 0.717) is 25.7 Å². The summed E-state index contributed by atoms with van der Waals surface area (Å²) in [6.45, 7) is 4.54. The first-order valence-corrected chi connectivity index (χ1v) is 8.75. The molecule has 1 aromatic heterocycles. The minimum Gasteiger partial charge on any atom is -0.467 e. The number of carbonyl (C=O) groups is 1. The number of hydrogen-bond donors (Lipinski definition) is 3. The van der Waals surface area contributed by atoms with E-state index in [1.54, 1.807) is 6.26 Å². The Hall–Kier alpha value is -2.80. The zero-order valence-corrected chi connectivity index (χ0v) is 15.0. The standard InChI is InChI=1S/C19H26N4O3/c1-2-20-19(21-11-7-12-25-15-17-10-6-13-26-17)22-14-18(24)23-16-8-4-3-5-9-16/h3-6,8-10,13H,2,7,11-12,14-15H2,1H3,(H,23,24)(H2,20,21,22). The van der Waals surface area contributed by atoms with Gasteiger partial charge in [-0.1, -0.05) is 18.2 Å². The summed E-state index contributed by atoms with van der Waals surface area (Å²) in [5.41, 5.74) is 0.763. The van der Waals surface area contributed by atoms with Gasteiger partial charge in [-0.2, -0.15) is 0 Å². The zero-order valence-electron chi connectivity index (χ0n) is 15.0. The Kier molecular flexibility index (Phi) is 8.79. The highest BCUT2D eigenvalue weighted by Gasteiger charge is 2.03. The van der Waals surface area contributed by atoms with Crippen LogP contribution in [-0.4, -0.2) is 38.1 Å². The molecule has 1 aromatic carbocycles. The maximum atomic E-state index is 11.9. The van der Waals surface area contributed by atoms with Gasteiger partial charge in [0, 0.05) is 25.4 Å². The third-order valence-corrected chi connectivity index (χ3v) is 3.36. The number of guanidine groups is 1. The van der Waals surface area contributed by atoms with Gasteiger partial charge in [0.2, 0.25) is 5.91 Å². The molecule has 2 rings (SSSR count). The van der Waals surface area contributed by atoms with Crippen molar-refractivity contribution in [2.75, 3.05) is 31.6 Å². The number of nitrogens with one attached hydrogen (secondary N) is 3. The molecule has 0 radical (unpaired) electrons. The lowest BCUT2D eigenvalue weighted by atomic mass is 10.3. The number of benzene rings is 1. The van der Waals surface area contributed by atoms with Gasteiger partial charge in [0.25, 0.3) is 0 Å². The van der Waals surface area contributed by atoms with Crippen molar-refractivity contribution in [3.8, 4) is 0 Å². The average Bonchev–Trinajstić information content (AvgIpc) is 3.16. The Morgan fingerprint density at radius 1 is 1.15 bits per heavy atom. The first-order valence-electron chi connectivity index (χ1n) is 8.75. The molecule has 7 nitrogen and oxygen atoms in total. The van der Waals surface area contributed by atoms with Crippen molar-refractivity contribution in [3.05, 3.63) is 54.5 Å². The van der Waals surface area contributed by atoms with Crippen molar-refractivity contribution in [2.24, 2.45) is 4.99 Å². The summed E-state index contributed by atoms with van der Waals surface area (Å²) in [7, 11) is 0. The van der Waals surface area contributed by atoms with Gasteiger partial charge in [0.05, 0.1) is 6.26 Å². The molecular weight excluding hydrogens is 332 g/mol. The number of furan rings is 1. The van der Waals surface area contributed by atoms with E-state index in [2.05, 4.69) is 20.9 Å². The van der Waals surface area contributed by atoms with Gasteiger partial charge in [0.15, 0.2) is 5.96 Å². The van der Waals surface area contributed by atoms with Crippen LogP contribution in [0, 0.1) is 0 Å². The maximum absolute atomic E-state index is 11.9. The van der Waals surface area contributed by atoms with E-state index in [1.807, 2.05) is 49.4 Å². The largest absolute Gasteiger partial charge is 0.467 e. The van der Waals surface area contributed by atoms with E-state index in [9.17, 15) is 4.79 Å². The Bertz CT molecular complexity index is 657. The molecule has 0 aliphatic rings. The number of hydrogen-bond acceptors (Lipinski definition) is 4. The van der Waals surface area contributed by atoms with Crippen LogP contribution >= 0.6 is 0 Å². The molecule has 2 aromatic rings. The van der Waals surface area contributed by atoms with Gasteiger partial charge < -0.3 is 25.1 Å². The number of para-hydroxylation sites is 1. The summed E-state index contributed by atoms with van der Waals surface area (Å²) < 4.78 is 10.7. The molecule has 0 fully saturated rings. The molecule has 1 heterocycles. The normalized spacial score (nSPS) is 11.2. The van der Waals surface area contributed by atoms with Gasteiger partial charge in [-0.25, -0.2) is 4.99 Å². The predicted octanol–water partition coefficient (Wildman–Crippen LogP) is 2.38. The molecule has 0 saturated heterocycles. The monoisotopic (exact) mass is 358 g/mol. The third-order valence-electron chi connectivity index (χ3n) is 3.36. The Morgan fingerprint density at radius 3 is 2.73 bits per heavy atom. The SMILES string of the molecule is CCNC(=NCC(=O)Nc1ccccc1)NCCCOCc1ccco1.